The minimum absolute atomic E-state index is 0.159. The lowest BCUT2D eigenvalue weighted by atomic mass is 10.1. The molecule has 2 nitrogen and oxygen atoms in total. The number of carbonyl (C=O) groups is 1. The average Bonchev–Trinajstić information content (AvgIpc) is 1.83. The van der Waals surface area contributed by atoms with Crippen LogP contribution in [0, 0.1) is 5.92 Å². The number of halogens is 2. The van der Waals surface area contributed by atoms with E-state index in [0.717, 1.165) is 12.1 Å². The lowest BCUT2D eigenvalue weighted by molar-refractivity contribution is -0.141. The first-order chi connectivity index (χ1) is 5.03. The molecule has 0 unspecified atom stereocenters. The zero-order chi connectivity index (χ0) is 8.48. The maximum atomic E-state index is 10.7. The number of hydrogen-bond acceptors (Lipinski definition) is 2. The summed E-state index contributed by atoms with van der Waals surface area (Å²) in [7, 11) is 1.40. The van der Waals surface area contributed by atoms with Crippen LogP contribution in [0.4, 0.5) is 0 Å². The molecule has 0 aromatic heterocycles. The predicted molar refractivity (Wildman–Crippen MR) is 47.2 cm³/mol. The Balaban J connectivity index is 2.19. The van der Waals surface area contributed by atoms with Crippen LogP contribution in [0.25, 0.3) is 0 Å². The lowest BCUT2D eigenvalue weighted by Crippen LogP contribution is -2.38. The Labute approximate surface area is 76.2 Å². The van der Waals surface area contributed by atoms with Crippen molar-refractivity contribution in [3.63, 3.8) is 0 Å². The van der Waals surface area contributed by atoms with Gasteiger partial charge in [0.2, 0.25) is 0 Å². The Hall–Kier alpha value is 0.267. The second-order valence-corrected chi connectivity index (χ2v) is 10.4. The van der Waals surface area contributed by atoms with E-state index in [1.807, 2.05) is 0 Å². The molecule has 0 aromatic rings. The van der Waals surface area contributed by atoms with Crippen LogP contribution in [0.15, 0.2) is 0 Å². The molecule has 1 rings (SSSR count). The summed E-state index contributed by atoms with van der Waals surface area (Å²) in [6, 6.07) is 1.68. The molecule has 0 bridgehead atoms. The summed E-state index contributed by atoms with van der Waals surface area (Å²) in [6.45, 7) is -1.86. The molecule has 0 spiro atoms. The maximum Gasteiger partial charge on any atom is 0.305 e. The fourth-order valence-electron chi connectivity index (χ4n) is 1.25. The van der Waals surface area contributed by atoms with Gasteiger partial charge < -0.3 is 4.74 Å². The van der Waals surface area contributed by atoms with Crippen molar-refractivity contribution >= 4 is 34.8 Å². The number of carbonyl (C=O) groups excluding carboxylic acids is 1. The molecule has 1 aliphatic heterocycles. The van der Waals surface area contributed by atoms with Crippen LogP contribution >= 0.6 is 22.2 Å². The highest BCUT2D eigenvalue weighted by Crippen LogP contribution is 2.45. The molecule has 1 fully saturated rings. The van der Waals surface area contributed by atoms with Gasteiger partial charge in [-0.05, 0) is 18.0 Å². The van der Waals surface area contributed by atoms with E-state index in [-0.39, 0.29) is 5.97 Å². The molecule has 1 aliphatic rings. The Kier molecular flexibility index (Phi) is 2.83. The smallest absolute Gasteiger partial charge is 0.305 e. The van der Waals surface area contributed by atoms with Gasteiger partial charge >= 0.3 is 5.97 Å². The highest BCUT2D eigenvalue weighted by Gasteiger charge is 2.44. The van der Waals surface area contributed by atoms with E-state index in [1.165, 1.54) is 7.11 Å². The lowest BCUT2D eigenvalue weighted by Gasteiger charge is -2.34. The van der Waals surface area contributed by atoms with E-state index in [2.05, 4.69) is 4.74 Å². The van der Waals surface area contributed by atoms with Crippen molar-refractivity contribution in [1.29, 1.82) is 0 Å². The third-order valence-electron chi connectivity index (χ3n) is 1.86. The van der Waals surface area contributed by atoms with Gasteiger partial charge in [0, 0.05) is 6.42 Å². The van der Waals surface area contributed by atoms with Gasteiger partial charge in [-0.3, -0.25) is 4.79 Å². The topological polar surface area (TPSA) is 26.3 Å². The SMILES string of the molecule is COC(=O)CC1C[Si](Cl)(Cl)C1. The largest absolute Gasteiger partial charge is 0.469 e. The molecule has 0 N–H and O–H groups in total. The van der Waals surface area contributed by atoms with Crippen LogP contribution in [-0.2, 0) is 9.53 Å². The number of ether oxygens (including phenoxy) is 1. The molecular weight excluding hydrogens is 203 g/mol. The normalized spacial score (nSPS) is 22.5. The van der Waals surface area contributed by atoms with Crippen LogP contribution in [-0.4, -0.2) is 19.8 Å². The zero-order valence-electron chi connectivity index (χ0n) is 6.27. The third kappa shape index (κ3) is 2.65. The van der Waals surface area contributed by atoms with E-state index < -0.39 is 6.69 Å². The molecule has 5 heteroatoms. The minimum atomic E-state index is -1.86. The molecule has 0 amide bonds. The third-order valence-corrected chi connectivity index (χ3v) is 6.06. The predicted octanol–water partition coefficient (Wildman–Crippen LogP) is 2.10. The van der Waals surface area contributed by atoms with E-state index in [4.69, 9.17) is 22.2 Å². The summed E-state index contributed by atoms with van der Waals surface area (Å²) in [5.74, 6) is 0.219. The van der Waals surface area contributed by atoms with Crippen molar-refractivity contribution in [2.24, 2.45) is 5.92 Å². The van der Waals surface area contributed by atoms with Crippen LogP contribution in [0.1, 0.15) is 6.42 Å². The van der Waals surface area contributed by atoms with Gasteiger partial charge in [0.1, 0.15) is 0 Å². The Bertz CT molecular complexity index is 164. The van der Waals surface area contributed by atoms with Gasteiger partial charge in [0.25, 0.3) is 6.69 Å². The van der Waals surface area contributed by atoms with Gasteiger partial charge in [0.05, 0.1) is 7.11 Å². The van der Waals surface area contributed by atoms with Crippen LogP contribution in [0.5, 0.6) is 0 Å². The van der Waals surface area contributed by atoms with Gasteiger partial charge in [-0.2, -0.15) is 0 Å². The Morgan fingerprint density at radius 2 is 2.18 bits per heavy atom. The number of rotatable bonds is 2. The number of esters is 1. The van der Waals surface area contributed by atoms with Gasteiger partial charge in [0.15, 0.2) is 0 Å². The molecule has 1 heterocycles. The number of hydrogen-bond donors (Lipinski definition) is 0. The first-order valence-corrected chi connectivity index (χ1v) is 7.92. The van der Waals surface area contributed by atoms with Crippen molar-refractivity contribution in [1.82, 2.24) is 0 Å². The Morgan fingerprint density at radius 3 is 2.55 bits per heavy atom. The highest BCUT2D eigenvalue weighted by molar-refractivity contribution is 7.46. The Morgan fingerprint density at radius 1 is 1.64 bits per heavy atom. The molecule has 0 aromatic carbocycles. The van der Waals surface area contributed by atoms with Crippen LogP contribution in [0.3, 0.4) is 0 Å². The fraction of sp³-hybridized carbons (Fsp3) is 0.833. The van der Waals surface area contributed by atoms with Crippen molar-refractivity contribution < 1.29 is 9.53 Å². The first-order valence-electron chi connectivity index (χ1n) is 3.48. The van der Waals surface area contributed by atoms with E-state index in [9.17, 15) is 4.79 Å². The van der Waals surface area contributed by atoms with Gasteiger partial charge in [-0.1, -0.05) is 0 Å². The second kappa shape index (κ2) is 3.33. The van der Waals surface area contributed by atoms with Crippen LogP contribution in [0.2, 0.25) is 12.1 Å². The van der Waals surface area contributed by atoms with Gasteiger partial charge in [-0.15, -0.1) is 22.2 Å². The van der Waals surface area contributed by atoms with E-state index in [0.29, 0.717) is 12.3 Å². The summed E-state index contributed by atoms with van der Waals surface area (Å²) >= 11 is 11.8. The zero-order valence-corrected chi connectivity index (χ0v) is 8.78. The fourth-order valence-corrected chi connectivity index (χ4v) is 5.73. The number of methoxy groups -OCH3 is 1. The van der Waals surface area contributed by atoms with E-state index >= 15 is 0 Å². The standard InChI is InChI=1S/C6H10Cl2O2Si/c1-10-6(9)2-5-3-11(7,8)4-5/h5H,2-4H2,1H3. The average molecular weight is 213 g/mol. The molecule has 64 valence electrons. The quantitative estimate of drug-likeness (QED) is 0.399. The summed E-state index contributed by atoms with van der Waals surface area (Å²) in [6.07, 6.45) is 0.477. The summed E-state index contributed by atoms with van der Waals surface area (Å²) < 4.78 is 4.52. The molecule has 0 radical (unpaired) electrons. The molecule has 0 saturated carbocycles. The van der Waals surface area contributed by atoms with Crippen LogP contribution < -0.4 is 0 Å². The van der Waals surface area contributed by atoms with Crippen molar-refractivity contribution in [3.8, 4) is 0 Å². The van der Waals surface area contributed by atoms with Crippen molar-refractivity contribution in [2.75, 3.05) is 7.11 Å². The second-order valence-electron chi connectivity index (χ2n) is 2.91. The summed E-state index contributed by atoms with van der Waals surface area (Å²) in [5.41, 5.74) is 0. The monoisotopic (exact) mass is 212 g/mol. The molecular formula is C6H10Cl2O2Si. The van der Waals surface area contributed by atoms with Crippen molar-refractivity contribution in [2.45, 2.75) is 18.5 Å². The molecule has 0 aliphatic carbocycles. The molecule has 1 saturated heterocycles. The molecule has 11 heavy (non-hydrogen) atoms. The summed E-state index contributed by atoms with van der Waals surface area (Å²) in [4.78, 5) is 10.7. The van der Waals surface area contributed by atoms with E-state index in [1.54, 1.807) is 0 Å². The van der Waals surface area contributed by atoms with Crippen molar-refractivity contribution in [3.05, 3.63) is 0 Å². The minimum Gasteiger partial charge on any atom is -0.469 e. The molecule has 0 atom stereocenters. The maximum absolute atomic E-state index is 10.7. The summed E-state index contributed by atoms with van der Waals surface area (Å²) in [5, 5.41) is 0. The first kappa shape index (κ1) is 9.36. The highest BCUT2D eigenvalue weighted by atomic mass is 35.7. The van der Waals surface area contributed by atoms with Gasteiger partial charge in [-0.25, -0.2) is 0 Å².